The van der Waals surface area contributed by atoms with Crippen LogP contribution in [-0.4, -0.2) is 25.6 Å². The molecule has 0 unspecified atom stereocenters. The van der Waals surface area contributed by atoms with Crippen molar-refractivity contribution < 1.29 is 0 Å². The Morgan fingerprint density at radius 1 is 1.28 bits per heavy atom. The van der Waals surface area contributed by atoms with Gasteiger partial charge in [0.2, 0.25) is 0 Å². The van der Waals surface area contributed by atoms with Crippen LogP contribution >= 0.6 is 0 Å². The number of aryl methyl sites for hydroxylation is 1. The van der Waals surface area contributed by atoms with Crippen molar-refractivity contribution in [1.29, 1.82) is 0 Å². The van der Waals surface area contributed by atoms with Gasteiger partial charge in [-0.05, 0) is 13.0 Å². The standard InChI is InChI=1S/C13H21N5/c1-3-5-18-10-15-7-13(18)9-17-8-12(16-11-17)6-14-4-2/h7-8,10-11,14H,3-6,9H2,1-2H3. The fourth-order valence-electron chi connectivity index (χ4n) is 1.95. The Balaban J connectivity index is 1.99. The van der Waals surface area contributed by atoms with Crippen molar-refractivity contribution in [2.24, 2.45) is 0 Å². The van der Waals surface area contributed by atoms with E-state index in [1.807, 2.05) is 18.9 Å². The number of nitrogens with one attached hydrogen (secondary N) is 1. The molecule has 0 aliphatic carbocycles. The molecular formula is C13H21N5. The first kappa shape index (κ1) is 12.8. The third-order valence-corrected chi connectivity index (χ3v) is 2.85. The van der Waals surface area contributed by atoms with Gasteiger partial charge in [-0.2, -0.15) is 0 Å². The smallest absolute Gasteiger partial charge is 0.0953 e. The van der Waals surface area contributed by atoms with Gasteiger partial charge in [0.05, 0.1) is 30.6 Å². The molecule has 2 rings (SSSR count). The number of aromatic nitrogens is 4. The van der Waals surface area contributed by atoms with Crippen LogP contribution in [0.2, 0.25) is 0 Å². The molecule has 0 amide bonds. The summed E-state index contributed by atoms with van der Waals surface area (Å²) in [4.78, 5) is 8.59. The van der Waals surface area contributed by atoms with E-state index in [1.54, 1.807) is 0 Å². The zero-order valence-corrected chi connectivity index (χ0v) is 11.1. The molecule has 0 saturated carbocycles. The molecule has 1 N–H and O–H groups in total. The number of hydrogen-bond acceptors (Lipinski definition) is 3. The van der Waals surface area contributed by atoms with Crippen LogP contribution < -0.4 is 5.32 Å². The quantitative estimate of drug-likeness (QED) is 0.809. The molecule has 5 heteroatoms. The largest absolute Gasteiger partial charge is 0.333 e. The monoisotopic (exact) mass is 247 g/mol. The van der Waals surface area contributed by atoms with Crippen LogP contribution in [0.15, 0.2) is 25.0 Å². The summed E-state index contributed by atoms with van der Waals surface area (Å²) in [6.07, 6.45) is 8.93. The number of rotatable bonds is 7. The Morgan fingerprint density at radius 2 is 2.17 bits per heavy atom. The van der Waals surface area contributed by atoms with Crippen molar-refractivity contribution in [3.8, 4) is 0 Å². The summed E-state index contributed by atoms with van der Waals surface area (Å²) < 4.78 is 4.31. The maximum Gasteiger partial charge on any atom is 0.0953 e. The predicted molar refractivity (Wildman–Crippen MR) is 71.2 cm³/mol. The van der Waals surface area contributed by atoms with Crippen LogP contribution in [0, 0.1) is 0 Å². The van der Waals surface area contributed by atoms with Gasteiger partial charge in [-0.25, -0.2) is 9.97 Å². The third kappa shape index (κ3) is 3.20. The molecule has 0 aliphatic rings. The highest BCUT2D eigenvalue weighted by atomic mass is 15.1. The molecule has 0 spiro atoms. The molecule has 2 aromatic rings. The van der Waals surface area contributed by atoms with Crippen LogP contribution in [0.4, 0.5) is 0 Å². The second-order valence-electron chi connectivity index (χ2n) is 4.40. The van der Waals surface area contributed by atoms with E-state index in [-0.39, 0.29) is 0 Å². The van der Waals surface area contributed by atoms with E-state index in [4.69, 9.17) is 0 Å². The summed E-state index contributed by atoms with van der Waals surface area (Å²) in [5.41, 5.74) is 2.31. The molecule has 0 aromatic carbocycles. The minimum atomic E-state index is 0.831. The first-order valence-corrected chi connectivity index (χ1v) is 6.53. The molecule has 0 saturated heterocycles. The fourth-order valence-corrected chi connectivity index (χ4v) is 1.95. The molecule has 2 heterocycles. The number of nitrogens with zero attached hydrogens (tertiary/aromatic N) is 4. The lowest BCUT2D eigenvalue weighted by Crippen LogP contribution is -2.11. The maximum atomic E-state index is 4.38. The van der Waals surface area contributed by atoms with Crippen LogP contribution in [0.25, 0.3) is 0 Å². The lowest BCUT2D eigenvalue weighted by molar-refractivity contribution is 0.623. The predicted octanol–water partition coefficient (Wildman–Crippen LogP) is 1.65. The third-order valence-electron chi connectivity index (χ3n) is 2.85. The van der Waals surface area contributed by atoms with E-state index in [0.717, 1.165) is 38.3 Å². The summed E-state index contributed by atoms with van der Waals surface area (Å²) in [7, 11) is 0. The van der Waals surface area contributed by atoms with Crippen molar-refractivity contribution in [3.05, 3.63) is 36.4 Å². The Bertz CT molecular complexity index is 471. The Labute approximate surface area is 108 Å². The van der Waals surface area contributed by atoms with E-state index in [9.17, 15) is 0 Å². The minimum Gasteiger partial charge on any atom is -0.333 e. The van der Waals surface area contributed by atoms with Crippen LogP contribution in [0.5, 0.6) is 0 Å². The molecule has 0 atom stereocenters. The topological polar surface area (TPSA) is 47.7 Å². The van der Waals surface area contributed by atoms with Gasteiger partial charge >= 0.3 is 0 Å². The van der Waals surface area contributed by atoms with E-state index in [2.05, 4.69) is 44.5 Å². The van der Waals surface area contributed by atoms with Gasteiger partial charge in [0.25, 0.3) is 0 Å². The zero-order valence-electron chi connectivity index (χ0n) is 11.1. The highest BCUT2D eigenvalue weighted by Gasteiger charge is 2.03. The fraction of sp³-hybridized carbons (Fsp3) is 0.538. The molecule has 0 aliphatic heterocycles. The van der Waals surface area contributed by atoms with Gasteiger partial charge in [0, 0.05) is 25.5 Å². The first-order valence-electron chi connectivity index (χ1n) is 6.53. The molecule has 0 fully saturated rings. The molecule has 0 bridgehead atoms. The molecule has 5 nitrogen and oxygen atoms in total. The minimum absolute atomic E-state index is 0.831. The van der Waals surface area contributed by atoms with E-state index in [1.165, 1.54) is 5.69 Å². The van der Waals surface area contributed by atoms with E-state index in [0.29, 0.717) is 0 Å². The SMILES string of the molecule is CCCn1cncc1Cn1cnc(CNCC)c1. The van der Waals surface area contributed by atoms with Crippen LogP contribution in [-0.2, 0) is 19.6 Å². The summed E-state index contributed by atoms with van der Waals surface area (Å²) in [5.74, 6) is 0. The van der Waals surface area contributed by atoms with Crippen molar-refractivity contribution in [1.82, 2.24) is 24.4 Å². The molecule has 18 heavy (non-hydrogen) atoms. The zero-order chi connectivity index (χ0) is 12.8. The number of imidazole rings is 2. The average molecular weight is 247 g/mol. The van der Waals surface area contributed by atoms with Gasteiger partial charge < -0.3 is 14.5 Å². The maximum absolute atomic E-state index is 4.38. The van der Waals surface area contributed by atoms with Gasteiger partial charge in [-0.1, -0.05) is 13.8 Å². The second kappa shape index (κ2) is 6.35. The highest BCUT2D eigenvalue weighted by Crippen LogP contribution is 2.05. The van der Waals surface area contributed by atoms with Crippen LogP contribution in [0.3, 0.4) is 0 Å². The lowest BCUT2D eigenvalue weighted by atomic mass is 10.4. The summed E-state index contributed by atoms with van der Waals surface area (Å²) >= 11 is 0. The summed E-state index contributed by atoms with van der Waals surface area (Å²) in [6.45, 7) is 7.93. The molecule has 0 radical (unpaired) electrons. The molecule has 2 aromatic heterocycles. The van der Waals surface area contributed by atoms with Crippen molar-refractivity contribution in [2.45, 2.75) is 39.9 Å². The van der Waals surface area contributed by atoms with Gasteiger partial charge in [-0.15, -0.1) is 0 Å². The summed E-state index contributed by atoms with van der Waals surface area (Å²) in [6, 6.07) is 0. The Hall–Kier alpha value is -1.62. The van der Waals surface area contributed by atoms with Crippen LogP contribution in [0.1, 0.15) is 31.7 Å². The lowest BCUT2D eigenvalue weighted by Gasteiger charge is -2.06. The normalized spacial score (nSPS) is 11.0. The van der Waals surface area contributed by atoms with E-state index >= 15 is 0 Å². The average Bonchev–Trinajstić information content (AvgIpc) is 2.98. The van der Waals surface area contributed by atoms with Crippen molar-refractivity contribution in [2.75, 3.05) is 6.54 Å². The van der Waals surface area contributed by atoms with Gasteiger partial charge in [0.15, 0.2) is 0 Å². The first-order chi connectivity index (χ1) is 8.83. The van der Waals surface area contributed by atoms with Crippen molar-refractivity contribution >= 4 is 0 Å². The molecule has 98 valence electrons. The number of hydrogen-bond donors (Lipinski definition) is 1. The van der Waals surface area contributed by atoms with Gasteiger partial charge in [0.1, 0.15) is 0 Å². The Morgan fingerprint density at radius 3 is 2.94 bits per heavy atom. The highest BCUT2D eigenvalue weighted by molar-refractivity contribution is 5.03. The van der Waals surface area contributed by atoms with Gasteiger partial charge in [-0.3, -0.25) is 0 Å². The second-order valence-corrected chi connectivity index (χ2v) is 4.40. The molecular weight excluding hydrogens is 226 g/mol. The van der Waals surface area contributed by atoms with E-state index < -0.39 is 0 Å². The Kier molecular flexibility index (Phi) is 4.52. The summed E-state index contributed by atoms with van der Waals surface area (Å²) in [5, 5.41) is 3.28. The van der Waals surface area contributed by atoms with Crippen molar-refractivity contribution in [3.63, 3.8) is 0 Å².